The predicted molar refractivity (Wildman–Crippen MR) is 91.5 cm³/mol. The van der Waals surface area contributed by atoms with Crippen LogP contribution in [0.2, 0.25) is 0 Å². The zero-order chi connectivity index (χ0) is 17.1. The highest BCUT2D eigenvalue weighted by atomic mass is 19.1. The van der Waals surface area contributed by atoms with Gasteiger partial charge < -0.3 is 5.73 Å². The lowest BCUT2D eigenvalue weighted by Crippen LogP contribution is -2.03. The molecule has 0 aliphatic carbocycles. The standard InChI is InChI=1S/C19H15FN4/c1-12-10-15(6-8-17(12)20)18-16(13(2)23-19(21)24-18)7-5-14-4-3-9-22-11-14/h3-4,6,8-11H,1-2H3,(H2,21,23,24). The van der Waals surface area contributed by atoms with Gasteiger partial charge in [0, 0.05) is 23.5 Å². The van der Waals surface area contributed by atoms with Crippen molar-refractivity contribution in [2.45, 2.75) is 13.8 Å². The fourth-order valence-corrected chi connectivity index (χ4v) is 2.32. The quantitative estimate of drug-likeness (QED) is 0.699. The second-order valence-electron chi connectivity index (χ2n) is 5.35. The molecule has 4 nitrogen and oxygen atoms in total. The highest BCUT2D eigenvalue weighted by Crippen LogP contribution is 2.25. The molecule has 0 bridgehead atoms. The minimum Gasteiger partial charge on any atom is -0.368 e. The van der Waals surface area contributed by atoms with Gasteiger partial charge in [0.2, 0.25) is 5.95 Å². The number of hydrogen-bond acceptors (Lipinski definition) is 4. The van der Waals surface area contributed by atoms with E-state index in [0.29, 0.717) is 22.5 Å². The minimum absolute atomic E-state index is 0.163. The third-order valence-electron chi connectivity index (χ3n) is 3.53. The van der Waals surface area contributed by atoms with Crippen LogP contribution in [-0.2, 0) is 0 Å². The van der Waals surface area contributed by atoms with Crippen molar-refractivity contribution in [1.29, 1.82) is 0 Å². The van der Waals surface area contributed by atoms with Gasteiger partial charge in [0.25, 0.3) is 0 Å². The molecule has 2 aromatic heterocycles. The van der Waals surface area contributed by atoms with Crippen LogP contribution in [0.4, 0.5) is 10.3 Å². The van der Waals surface area contributed by atoms with Gasteiger partial charge in [0.05, 0.1) is 17.0 Å². The SMILES string of the molecule is Cc1cc(-c2nc(N)nc(C)c2C#Cc2cccnc2)ccc1F. The molecule has 118 valence electrons. The molecule has 0 radical (unpaired) electrons. The topological polar surface area (TPSA) is 64.7 Å². The van der Waals surface area contributed by atoms with Crippen molar-refractivity contribution in [3.05, 3.63) is 70.9 Å². The molecule has 3 aromatic rings. The zero-order valence-corrected chi connectivity index (χ0v) is 13.3. The summed E-state index contributed by atoms with van der Waals surface area (Å²) in [6.45, 7) is 3.53. The van der Waals surface area contributed by atoms with Crippen LogP contribution in [0.1, 0.15) is 22.4 Å². The summed E-state index contributed by atoms with van der Waals surface area (Å²) in [6, 6.07) is 8.50. The Morgan fingerprint density at radius 3 is 2.62 bits per heavy atom. The summed E-state index contributed by atoms with van der Waals surface area (Å²) in [6.07, 6.45) is 3.37. The molecule has 0 aliphatic rings. The Morgan fingerprint density at radius 2 is 1.92 bits per heavy atom. The number of anilines is 1. The van der Waals surface area contributed by atoms with E-state index in [2.05, 4.69) is 26.8 Å². The van der Waals surface area contributed by atoms with E-state index in [1.807, 2.05) is 19.1 Å². The summed E-state index contributed by atoms with van der Waals surface area (Å²) < 4.78 is 13.6. The van der Waals surface area contributed by atoms with Gasteiger partial charge in [0.15, 0.2) is 0 Å². The number of aromatic nitrogens is 3. The van der Waals surface area contributed by atoms with Crippen molar-refractivity contribution >= 4 is 5.95 Å². The molecule has 0 aliphatic heterocycles. The van der Waals surface area contributed by atoms with Gasteiger partial charge in [-0.1, -0.05) is 11.8 Å². The maximum absolute atomic E-state index is 13.6. The van der Waals surface area contributed by atoms with Gasteiger partial charge in [-0.05, 0) is 49.7 Å². The lowest BCUT2D eigenvalue weighted by atomic mass is 10.0. The lowest BCUT2D eigenvalue weighted by molar-refractivity contribution is 0.619. The first-order valence-corrected chi connectivity index (χ1v) is 7.37. The summed E-state index contributed by atoms with van der Waals surface area (Å²) in [7, 11) is 0. The number of nitrogens with zero attached hydrogens (tertiary/aromatic N) is 3. The largest absolute Gasteiger partial charge is 0.368 e. The minimum atomic E-state index is -0.263. The maximum Gasteiger partial charge on any atom is 0.220 e. The fourth-order valence-electron chi connectivity index (χ4n) is 2.32. The first-order chi connectivity index (χ1) is 11.5. The lowest BCUT2D eigenvalue weighted by Gasteiger charge is -2.09. The normalized spacial score (nSPS) is 10.1. The van der Waals surface area contributed by atoms with Crippen LogP contribution in [0.25, 0.3) is 11.3 Å². The Bertz CT molecular complexity index is 956. The number of nitrogens with two attached hydrogens (primary N) is 1. The van der Waals surface area contributed by atoms with Crippen LogP contribution in [0, 0.1) is 31.5 Å². The Labute approximate surface area is 139 Å². The van der Waals surface area contributed by atoms with Crippen molar-refractivity contribution in [3.8, 4) is 23.1 Å². The Hall–Kier alpha value is -3.26. The number of benzene rings is 1. The van der Waals surface area contributed by atoms with Crippen LogP contribution < -0.4 is 5.73 Å². The molecule has 2 N–H and O–H groups in total. The van der Waals surface area contributed by atoms with E-state index >= 15 is 0 Å². The molecule has 0 unspecified atom stereocenters. The molecule has 0 amide bonds. The summed E-state index contributed by atoms with van der Waals surface area (Å²) in [5.41, 5.74) is 9.80. The van der Waals surface area contributed by atoms with E-state index in [1.54, 1.807) is 31.5 Å². The number of rotatable bonds is 1. The summed E-state index contributed by atoms with van der Waals surface area (Å²) in [5, 5.41) is 0. The fraction of sp³-hybridized carbons (Fsp3) is 0.105. The van der Waals surface area contributed by atoms with E-state index in [4.69, 9.17) is 5.73 Å². The average molecular weight is 318 g/mol. The molecule has 0 saturated carbocycles. The molecule has 0 fully saturated rings. The molecule has 5 heteroatoms. The Balaban J connectivity index is 2.16. The first kappa shape index (κ1) is 15.6. The third-order valence-corrected chi connectivity index (χ3v) is 3.53. The van der Waals surface area contributed by atoms with E-state index in [-0.39, 0.29) is 11.8 Å². The molecular weight excluding hydrogens is 303 g/mol. The van der Waals surface area contributed by atoms with E-state index < -0.39 is 0 Å². The molecular formula is C19H15FN4. The maximum atomic E-state index is 13.6. The smallest absolute Gasteiger partial charge is 0.220 e. The Kier molecular flexibility index (Phi) is 4.21. The second kappa shape index (κ2) is 6.47. The highest BCUT2D eigenvalue weighted by molar-refractivity contribution is 5.70. The van der Waals surface area contributed by atoms with Gasteiger partial charge in [-0.2, -0.15) is 0 Å². The second-order valence-corrected chi connectivity index (χ2v) is 5.35. The third kappa shape index (κ3) is 3.23. The molecule has 2 heterocycles. The molecule has 24 heavy (non-hydrogen) atoms. The van der Waals surface area contributed by atoms with Gasteiger partial charge in [0.1, 0.15) is 5.82 Å². The van der Waals surface area contributed by atoms with Crippen LogP contribution in [0.15, 0.2) is 42.7 Å². The number of aryl methyl sites for hydroxylation is 2. The van der Waals surface area contributed by atoms with E-state index in [9.17, 15) is 4.39 Å². The average Bonchev–Trinajstić information content (AvgIpc) is 2.57. The summed E-state index contributed by atoms with van der Waals surface area (Å²) in [4.78, 5) is 12.5. The van der Waals surface area contributed by atoms with Crippen molar-refractivity contribution in [2.24, 2.45) is 0 Å². The van der Waals surface area contributed by atoms with Crippen molar-refractivity contribution in [1.82, 2.24) is 15.0 Å². The highest BCUT2D eigenvalue weighted by Gasteiger charge is 2.12. The molecule has 0 atom stereocenters. The number of halogens is 1. The van der Waals surface area contributed by atoms with Gasteiger partial charge in [-0.25, -0.2) is 14.4 Å². The number of nitrogen functional groups attached to an aromatic ring is 1. The van der Waals surface area contributed by atoms with Crippen molar-refractivity contribution in [2.75, 3.05) is 5.73 Å². The van der Waals surface area contributed by atoms with Crippen LogP contribution in [-0.4, -0.2) is 15.0 Å². The summed E-state index contributed by atoms with van der Waals surface area (Å²) >= 11 is 0. The van der Waals surface area contributed by atoms with E-state index in [0.717, 1.165) is 11.1 Å². The molecule has 3 rings (SSSR count). The molecule has 0 spiro atoms. The van der Waals surface area contributed by atoms with Gasteiger partial charge >= 0.3 is 0 Å². The van der Waals surface area contributed by atoms with Crippen LogP contribution >= 0.6 is 0 Å². The predicted octanol–water partition coefficient (Wildman–Crippen LogP) is 3.28. The number of pyridine rings is 1. The van der Waals surface area contributed by atoms with Gasteiger partial charge in [-0.15, -0.1) is 0 Å². The Morgan fingerprint density at radius 1 is 1.08 bits per heavy atom. The van der Waals surface area contributed by atoms with Crippen molar-refractivity contribution < 1.29 is 4.39 Å². The summed E-state index contributed by atoms with van der Waals surface area (Å²) in [5.74, 6) is 6.04. The monoisotopic (exact) mass is 318 g/mol. The van der Waals surface area contributed by atoms with Crippen LogP contribution in [0.5, 0.6) is 0 Å². The van der Waals surface area contributed by atoms with E-state index in [1.165, 1.54) is 6.07 Å². The zero-order valence-electron chi connectivity index (χ0n) is 13.3. The molecule has 1 aromatic carbocycles. The van der Waals surface area contributed by atoms with Gasteiger partial charge in [-0.3, -0.25) is 4.98 Å². The van der Waals surface area contributed by atoms with Crippen molar-refractivity contribution in [3.63, 3.8) is 0 Å². The molecule has 0 saturated heterocycles. The van der Waals surface area contributed by atoms with Crippen LogP contribution in [0.3, 0.4) is 0 Å². The number of hydrogen-bond donors (Lipinski definition) is 1. The first-order valence-electron chi connectivity index (χ1n) is 7.37.